The van der Waals surface area contributed by atoms with E-state index in [-0.39, 0.29) is 6.61 Å². The van der Waals surface area contributed by atoms with E-state index in [4.69, 9.17) is 14.6 Å². The Labute approximate surface area is 94.8 Å². The van der Waals surface area contributed by atoms with Crippen molar-refractivity contribution in [3.8, 4) is 5.75 Å². The predicted molar refractivity (Wildman–Crippen MR) is 59.6 cm³/mol. The molecule has 16 heavy (non-hydrogen) atoms. The van der Waals surface area contributed by atoms with E-state index in [1.165, 1.54) is 0 Å². The zero-order valence-electron chi connectivity index (χ0n) is 9.26. The van der Waals surface area contributed by atoms with Crippen molar-refractivity contribution < 1.29 is 19.4 Å². The highest BCUT2D eigenvalue weighted by Crippen LogP contribution is 2.08. The van der Waals surface area contributed by atoms with Crippen LogP contribution >= 0.6 is 0 Å². The van der Waals surface area contributed by atoms with Crippen LogP contribution in [0.1, 0.15) is 13.3 Å². The molecule has 1 rings (SSSR count). The third-order valence-corrected chi connectivity index (χ3v) is 2.06. The monoisotopic (exact) mass is 224 g/mol. The summed E-state index contributed by atoms with van der Waals surface area (Å²) < 4.78 is 10.5. The molecule has 0 saturated heterocycles. The van der Waals surface area contributed by atoms with Crippen LogP contribution in [0, 0.1) is 0 Å². The highest BCUT2D eigenvalue weighted by molar-refractivity contribution is 5.72. The molecule has 4 heteroatoms. The number of ether oxygens (including phenoxy) is 2. The number of benzene rings is 1. The van der Waals surface area contributed by atoms with Gasteiger partial charge in [0.15, 0.2) is 6.10 Å². The van der Waals surface area contributed by atoms with Crippen LogP contribution in [0.2, 0.25) is 0 Å². The molecule has 0 saturated carbocycles. The van der Waals surface area contributed by atoms with Gasteiger partial charge in [0.1, 0.15) is 12.4 Å². The summed E-state index contributed by atoms with van der Waals surface area (Å²) in [6, 6.07) is 9.34. The van der Waals surface area contributed by atoms with Gasteiger partial charge in [0, 0.05) is 0 Å². The molecule has 0 aliphatic rings. The fourth-order valence-corrected chi connectivity index (χ4v) is 1.23. The van der Waals surface area contributed by atoms with Crippen molar-refractivity contribution in [2.75, 3.05) is 13.2 Å². The third-order valence-electron chi connectivity index (χ3n) is 2.06. The largest absolute Gasteiger partial charge is 0.491 e. The molecule has 1 atom stereocenters. The summed E-state index contributed by atoms with van der Waals surface area (Å²) >= 11 is 0. The van der Waals surface area contributed by atoms with Gasteiger partial charge in [-0.15, -0.1) is 0 Å². The van der Waals surface area contributed by atoms with Gasteiger partial charge >= 0.3 is 5.97 Å². The summed E-state index contributed by atoms with van der Waals surface area (Å²) in [4.78, 5) is 10.6. The van der Waals surface area contributed by atoms with E-state index in [1.807, 2.05) is 30.3 Å². The summed E-state index contributed by atoms with van der Waals surface area (Å²) in [6.45, 7) is 2.41. The molecule has 0 aliphatic heterocycles. The quantitative estimate of drug-likeness (QED) is 0.719. The molecule has 1 N–H and O–H groups in total. The van der Waals surface area contributed by atoms with Gasteiger partial charge in [0.2, 0.25) is 0 Å². The molecule has 0 heterocycles. The van der Waals surface area contributed by atoms with Crippen molar-refractivity contribution in [1.29, 1.82) is 0 Å². The second-order valence-electron chi connectivity index (χ2n) is 3.27. The smallest absolute Gasteiger partial charge is 0.332 e. The molecular formula is C12H16O4. The van der Waals surface area contributed by atoms with Crippen LogP contribution in [-0.4, -0.2) is 30.4 Å². The maximum Gasteiger partial charge on any atom is 0.332 e. The predicted octanol–water partition coefficient (Wildman–Crippen LogP) is 1.95. The second-order valence-corrected chi connectivity index (χ2v) is 3.27. The highest BCUT2D eigenvalue weighted by atomic mass is 16.5. The Balaban J connectivity index is 2.19. The first-order valence-corrected chi connectivity index (χ1v) is 5.26. The Morgan fingerprint density at radius 1 is 1.31 bits per heavy atom. The molecule has 0 aliphatic carbocycles. The molecule has 0 radical (unpaired) electrons. The minimum absolute atomic E-state index is 0.277. The van der Waals surface area contributed by atoms with Crippen LogP contribution in [0.25, 0.3) is 0 Å². The Kier molecular flexibility index (Phi) is 5.36. The zero-order valence-corrected chi connectivity index (χ0v) is 9.26. The number of rotatable bonds is 7. The number of hydrogen-bond donors (Lipinski definition) is 1. The van der Waals surface area contributed by atoms with Crippen LogP contribution in [0.3, 0.4) is 0 Å². The molecule has 0 spiro atoms. The number of hydrogen-bond acceptors (Lipinski definition) is 3. The lowest BCUT2D eigenvalue weighted by Gasteiger charge is -2.11. The van der Waals surface area contributed by atoms with Crippen LogP contribution in [-0.2, 0) is 9.53 Å². The Hall–Kier alpha value is -1.55. The van der Waals surface area contributed by atoms with Gasteiger partial charge in [-0.3, -0.25) is 0 Å². The number of carboxylic acid groups (broad SMARTS) is 1. The van der Waals surface area contributed by atoms with Gasteiger partial charge in [-0.2, -0.15) is 0 Å². The average molecular weight is 224 g/mol. The van der Waals surface area contributed by atoms with Crippen LogP contribution in [0.4, 0.5) is 0 Å². The second kappa shape index (κ2) is 6.85. The number of carboxylic acids is 1. The lowest BCUT2D eigenvalue weighted by Crippen LogP contribution is -2.25. The van der Waals surface area contributed by atoms with Crippen molar-refractivity contribution >= 4 is 5.97 Å². The van der Waals surface area contributed by atoms with E-state index in [2.05, 4.69) is 0 Å². The first-order chi connectivity index (χ1) is 7.74. The maximum absolute atomic E-state index is 10.6. The molecule has 0 bridgehead atoms. The van der Waals surface area contributed by atoms with Gasteiger partial charge in [-0.25, -0.2) is 4.79 Å². The zero-order chi connectivity index (χ0) is 11.8. The van der Waals surface area contributed by atoms with Crippen LogP contribution in [0.15, 0.2) is 30.3 Å². The Morgan fingerprint density at radius 2 is 2.00 bits per heavy atom. The van der Waals surface area contributed by atoms with Crippen molar-refractivity contribution in [2.45, 2.75) is 19.4 Å². The minimum atomic E-state index is -0.929. The van der Waals surface area contributed by atoms with Crippen LogP contribution < -0.4 is 4.74 Å². The standard InChI is InChI=1S/C12H16O4/c1-2-11(12(13)14)16-9-8-15-10-6-4-3-5-7-10/h3-7,11H,2,8-9H2,1H3,(H,13,14). The van der Waals surface area contributed by atoms with E-state index in [0.717, 1.165) is 5.75 Å². The van der Waals surface area contributed by atoms with Crippen molar-refractivity contribution in [3.63, 3.8) is 0 Å². The molecule has 0 fully saturated rings. The first-order valence-electron chi connectivity index (χ1n) is 5.26. The first kappa shape index (κ1) is 12.5. The number of para-hydroxylation sites is 1. The van der Waals surface area contributed by atoms with Crippen molar-refractivity contribution in [1.82, 2.24) is 0 Å². The molecule has 1 aromatic rings. The molecule has 88 valence electrons. The van der Waals surface area contributed by atoms with Crippen molar-refractivity contribution in [2.24, 2.45) is 0 Å². The van der Waals surface area contributed by atoms with Crippen molar-refractivity contribution in [3.05, 3.63) is 30.3 Å². The number of carbonyl (C=O) groups is 1. The molecule has 1 aromatic carbocycles. The van der Waals surface area contributed by atoms with E-state index >= 15 is 0 Å². The summed E-state index contributed by atoms with van der Waals surface area (Å²) in [5, 5.41) is 8.72. The van der Waals surface area contributed by atoms with E-state index < -0.39 is 12.1 Å². The highest BCUT2D eigenvalue weighted by Gasteiger charge is 2.14. The maximum atomic E-state index is 10.6. The van der Waals surface area contributed by atoms with Gasteiger partial charge < -0.3 is 14.6 Å². The SMILES string of the molecule is CCC(OCCOc1ccccc1)C(=O)O. The topological polar surface area (TPSA) is 55.8 Å². The van der Waals surface area contributed by atoms with Gasteiger partial charge in [-0.1, -0.05) is 25.1 Å². The summed E-state index contributed by atoms with van der Waals surface area (Å²) in [5.74, 6) is -0.170. The molecule has 0 amide bonds. The number of aliphatic carboxylic acids is 1. The molecular weight excluding hydrogens is 208 g/mol. The van der Waals surface area contributed by atoms with Gasteiger partial charge in [0.25, 0.3) is 0 Å². The molecule has 1 unspecified atom stereocenters. The lowest BCUT2D eigenvalue weighted by atomic mass is 10.3. The summed E-state index contributed by atoms with van der Waals surface area (Å²) in [6.07, 6.45) is -0.278. The fraction of sp³-hybridized carbons (Fsp3) is 0.417. The summed E-state index contributed by atoms with van der Waals surface area (Å²) in [7, 11) is 0. The van der Waals surface area contributed by atoms with Gasteiger partial charge in [-0.05, 0) is 18.6 Å². The minimum Gasteiger partial charge on any atom is -0.491 e. The van der Waals surface area contributed by atoms with E-state index in [0.29, 0.717) is 13.0 Å². The van der Waals surface area contributed by atoms with E-state index in [1.54, 1.807) is 6.92 Å². The summed E-state index contributed by atoms with van der Waals surface area (Å²) in [5.41, 5.74) is 0. The molecule has 4 nitrogen and oxygen atoms in total. The normalized spacial score (nSPS) is 12.1. The van der Waals surface area contributed by atoms with Crippen LogP contribution in [0.5, 0.6) is 5.75 Å². The lowest BCUT2D eigenvalue weighted by molar-refractivity contribution is -0.150. The molecule has 0 aromatic heterocycles. The average Bonchev–Trinajstić information content (AvgIpc) is 2.30. The van der Waals surface area contributed by atoms with Gasteiger partial charge in [0.05, 0.1) is 6.61 Å². The third kappa shape index (κ3) is 4.31. The fourth-order valence-electron chi connectivity index (χ4n) is 1.23. The Morgan fingerprint density at radius 3 is 2.56 bits per heavy atom. The Bertz CT molecular complexity index is 310. The van der Waals surface area contributed by atoms with E-state index in [9.17, 15) is 4.79 Å².